The third kappa shape index (κ3) is 2.07. The number of epoxide rings is 1. The third-order valence-corrected chi connectivity index (χ3v) is 5.66. The van der Waals surface area contributed by atoms with E-state index in [9.17, 15) is 9.90 Å². The number of aliphatic hydroxyl groups is 1. The van der Waals surface area contributed by atoms with Crippen molar-refractivity contribution in [2.45, 2.75) is 49.3 Å². The first-order valence-electron chi connectivity index (χ1n) is 7.91. The second kappa shape index (κ2) is 4.78. The zero-order valence-electron chi connectivity index (χ0n) is 12.9. The number of nitrogens with zero attached hydrogens (tertiary/aromatic N) is 1. The molecule has 3 heterocycles. The molecule has 0 radical (unpaired) electrons. The average molecular weight is 304 g/mol. The second-order valence-corrected chi connectivity index (χ2v) is 7.17. The molecular weight excluding hydrogens is 282 g/mol. The second-order valence-electron chi connectivity index (χ2n) is 7.17. The monoisotopic (exact) mass is 304 g/mol. The number of piperidine rings is 1. The van der Waals surface area contributed by atoms with Crippen LogP contribution in [-0.4, -0.2) is 60.0 Å². The van der Waals surface area contributed by atoms with Gasteiger partial charge in [-0.15, -0.1) is 0 Å². The van der Waals surface area contributed by atoms with Crippen molar-refractivity contribution in [2.24, 2.45) is 0 Å². The van der Waals surface area contributed by atoms with Crippen molar-refractivity contribution < 1.29 is 23.9 Å². The normalized spacial score (nSPS) is 39.0. The van der Waals surface area contributed by atoms with Crippen LogP contribution in [0.25, 0.3) is 0 Å². The molecule has 0 aromatic heterocycles. The van der Waals surface area contributed by atoms with Gasteiger partial charge in [0.1, 0.15) is 30.4 Å². The molecule has 0 saturated carbocycles. The summed E-state index contributed by atoms with van der Waals surface area (Å²) >= 11 is 0. The lowest BCUT2D eigenvalue weighted by molar-refractivity contribution is -0.938. The van der Waals surface area contributed by atoms with Gasteiger partial charge in [-0.05, 0) is 5.56 Å². The molecule has 0 amide bonds. The number of quaternary nitrogens is 1. The molecule has 4 rings (SSSR count). The van der Waals surface area contributed by atoms with Crippen molar-refractivity contribution in [2.75, 3.05) is 14.1 Å². The number of carbonyl (C=O) groups is 1. The lowest BCUT2D eigenvalue weighted by atomic mass is 9.96. The fourth-order valence-corrected chi connectivity index (χ4v) is 4.30. The van der Waals surface area contributed by atoms with Gasteiger partial charge in [-0.3, -0.25) is 0 Å². The molecule has 0 aliphatic carbocycles. The van der Waals surface area contributed by atoms with Crippen LogP contribution in [-0.2, 0) is 14.3 Å². The Balaban J connectivity index is 1.42. The smallest absolute Gasteiger partial charge is 0.339 e. The quantitative estimate of drug-likeness (QED) is 0.514. The summed E-state index contributed by atoms with van der Waals surface area (Å²) in [5.74, 6) is -0.544. The highest BCUT2D eigenvalue weighted by atomic mass is 16.6. The van der Waals surface area contributed by atoms with E-state index in [1.165, 1.54) is 0 Å². The molecular formula is C17H22NO4+. The number of morpholine rings is 1. The molecule has 6 atom stereocenters. The highest BCUT2D eigenvalue weighted by Crippen LogP contribution is 2.51. The zero-order chi connectivity index (χ0) is 15.5. The topological polar surface area (TPSA) is 59.1 Å². The molecule has 3 saturated heterocycles. The van der Waals surface area contributed by atoms with Gasteiger partial charge >= 0.3 is 5.97 Å². The number of benzene rings is 1. The summed E-state index contributed by atoms with van der Waals surface area (Å²) in [4.78, 5) is 12.2. The SMILES string of the molecule is C[N+]1(C)[C@@H]2CC(OC(=O)C(O)c3ccccc3)C[C@H]1[C@@H]1O[C@@H]12. The summed E-state index contributed by atoms with van der Waals surface area (Å²) in [6.07, 6.45) is 0.999. The maximum absolute atomic E-state index is 12.2. The third-order valence-electron chi connectivity index (χ3n) is 5.66. The Hall–Kier alpha value is -1.43. The van der Waals surface area contributed by atoms with Crippen LogP contribution in [0.3, 0.4) is 0 Å². The number of carbonyl (C=O) groups excluding carboxylic acids is 1. The lowest BCUT2D eigenvalue weighted by Gasteiger charge is -2.45. The molecule has 5 nitrogen and oxygen atoms in total. The van der Waals surface area contributed by atoms with Crippen molar-refractivity contribution in [3.63, 3.8) is 0 Å². The Morgan fingerprint density at radius 2 is 1.82 bits per heavy atom. The predicted molar refractivity (Wildman–Crippen MR) is 78.9 cm³/mol. The van der Waals surface area contributed by atoms with Gasteiger partial charge in [0.05, 0.1) is 14.1 Å². The van der Waals surface area contributed by atoms with Gasteiger partial charge in [0.2, 0.25) is 0 Å². The number of hydrogen-bond donors (Lipinski definition) is 1. The highest BCUT2D eigenvalue weighted by molar-refractivity contribution is 5.76. The van der Waals surface area contributed by atoms with Crippen molar-refractivity contribution in [3.05, 3.63) is 35.9 Å². The van der Waals surface area contributed by atoms with Gasteiger partial charge in [-0.25, -0.2) is 4.79 Å². The minimum Gasteiger partial charge on any atom is -0.460 e. The minimum absolute atomic E-state index is 0.108. The molecule has 3 aliphatic rings. The minimum atomic E-state index is -1.20. The van der Waals surface area contributed by atoms with Crippen LogP contribution in [0.1, 0.15) is 24.5 Å². The van der Waals surface area contributed by atoms with E-state index >= 15 is 0 Å². The highest BCUT2D eigenvalue weighted by Gasteiger charge is 2.70. The molecule has 22 heavy (non-hydrogen) atoms. The van der Waals surface area contributed by atoms with Gasteiger partial charge in [0.15, 0.2) is 6.10 Å². The van der Waals surface area contributed by atoms with Crippen molar-refractivity contribution in [1.82, 2.24) is 0 Å². The van der Waals surface area contributed by atoms with E-state index in [1.54, 1.807) is 24.3 Å². The van der Waals surface area contributed by atoms with E-state index in [1.807, 2.05) is 6.07 Å². The number of ether oxygens (including phenoxy) is 2. The van der Waals surface area contributed by atoms with Crippen LogP contribution in [0.4, 0.5) is 0 Å². The molecule has 3 aliphatic heterocycles. The van der Waals surface area contributed by atoms with Gasteiger partial charge < -0.3 is 19.1 Å². The van der Waals surface area contributed by atoms with E-state index in [4.69, 9.17) is 9.47 Å². The number of hydrogen-bond acceptors (Lipinski definition) is 4. The van der Waals surface area contributed by atoms with Crippen LogP contribution < -0.4 is 0 Å². The van der Waals surface area contributed by atoms with E-state index in [-0.39, 0.29) is 6.10 Å². The number of rotatable bonds is 3. The fraction of sp³-hybridized carbons (Fsp3) is 0.588. The van der Waals surface area contributed by atoms with E-state index in [2.05, 4.69) is 14.1 Å². The summed E-state index contributed by atoms with van der Waals surface area (Å²) in [7, 11) is 4.48. The van der Waals surface area contributed by atoms with Crippen LogP contribution in [0, 0.1) is 0 Å². The Labute approximate surface area is 130 Å². The standard InChI is InChI=1S/C17H22NO4/c1-18(2)12-8-11(9-13(18)16-15(12)22-16)21-17(20)14(19)10-6-4-3-5-7-10/h3-7,11-16,19H,8-9H2,1-2H3/q+1/t11?,12-,13+,14?,15-,16+. The number of fused-ring (bicyclic) bond motifs is 5. The fourth-order valence-electron chi connectivity index (χ4n) is 4.30. The summed E-state index contributed by atoms with van der Waals surface area (Å²) < 4.78 is 12.3. The maximum Gasteiger partial charge on any atom is 0.339 e. The molecule has 1 aromatic rings. The summed E-state index contributed by atoms with van der Waals surface area (Å²) in [6, 6.07) is 9.73. The Morgan fingerprint density at radius 1 is 1.23 bits per heavy atom. The molecule has 0 spiro atoms. The lowest BCUT2D eigenvalue weighted by Crippen LogP contribution is -2.60. The molecule has 3 fully saturated rings. The van der Waals surface area contributed by atoms with Gasteiger partial charge in [0, 0.05) is 12.8 Å². The number of likely N-dealkylation sites (N-methyl/N-ethyl adjacent to an activating group) is 1. The average Bonchev–Trinajstić information content (AvgIpc) is 3.25. The van der Waals surface area contributed by atoms with Crippen molar-refractivity contribution in [1.29, 1.82) is 0 Å². The molecule has 5 heteroatoms. The Morgan fingerprint density at radius 3 is 2.41 bits per heavy atom. The maximum atomic E-state index is 12.2. The summed E-state index contributed by atoms with van der Waals surface area (Å²) in [5, 5.41) is 10.1. The summed E-state index contributed by atoms with van der Waals surface area (Å²) in [5.41, 5.74) is 0.577. The molecule has 1 aromatic carbocycles. The van der Waals surface area contributed by atoms with E-state index in [0.29, 0.717) is 29.9 Å². The molecule has 2 unspecified atom stereocenters. The Kier molecular flexibility index (Phi) is 3.08. The van der Waals surface area contributed by atoms with Crippen LogP contribution in [0.5, 0.6) is 0 Å². The van der Waals surface area contributed by atoms with Crippen LogP contribution in [0.2, 0.25) is 0 Å². The van der Waals surface area contributed by atoms with Crippen LogP contribution in [0.15, 0.2) is 30.3 Å². The van der Waals surface area contributed by atoms with Crippen molar-refractivity contribution >= 4 is 5.97 Å². The first-order chi connectivity index (χ1) is 10.5. The zero-order valence-corrected chi connectivity index (χ0v) is 12.9. The largest absolute Gasteiger partial charge is 0.460 e. The first-order valence-corrected chi connectivity index (χ1v) is 7.91. The Bertz CT molecular complexity index is 568. The van der Waals surface area contributed by atoms with E-state index < -0.39 is 12.1 Å². The van der Waals surface area contributed by atoms with Gasteiger partial charge in [-0.2, -0.15) is 0 Å². The molecule has 2 bridgehead atoms. The molecule has 1 N–H and O–H groups in total. The van der Waals surface area contributed by atoms with E-state index in [0.717, 1.165) is 17.3 Å². The number of esters is 1. The van der Waals surface area contributed by atoms with Gasteiger partial charge in [-0.1, -0.05) is 30.3 Å². The van der Waals surface area contributed by atoms with Gasteiger partial charge in [0.25, 0.3) is 0 Å². The predicted octanol–water partition coefficient (Wildman–Crippen LogP) is 1.02. The first kappa shape index (κ1) is 14.2. The van der Waals surface area contributed by atoms with Crippen molar-refractivity contribution in [3.8, 4) is 0 Å². The summed E-state index contributed by atoms with van der Waals surface area (Å²) in [6.45, 7) is 0. The number of aliphatic hydroxyl groups excluding tert-OH is 1. The van der Waals surface area contributed by atoms with Crippen LogP contribution >= 0.6 is 0 Å². The molecule has 118 valence electrons.